The van der Waals surface area contributed by atoms with E-state index in [1.165, 1.54) is 12.3 Å². The van der Waals surface area contributed by atoms with Crippen LogP contribution in [0.4, 0.5) is 0 Å². The summed E-state index contributed by atoms with van der Waals surface area (Å²) in [6, 6.07) is 11.3. The summed E-state index contributed by atoms with van der Waals surface area (Å²) < 4.78 is 5.59. The van der Waals surface area contributed by atoms with Crippen LogP contribution in [-0.4, -0.2) is 17.0 Å². The SMILES string of the molecule is CNCc1ccccc1Oc1nccc(C#N)n1. The van der Waals surface area contributed by atoms with E-state index in [4.69, 9.17) is 10.00 Å². The maximum Gasteiger partial charge on any atom is 0.323 e. The van der Waals surface area contributed by atoms with Crippen molar-refractivity contribution < 1.29 is 4.74 Å². The molecule has 0 amide bonds. The fourth-order valence-electron chi connectivity index (χ4n) is 1.49. The Morgan fingerprint density at radius 2 is 2.17 bits per heavy atom. The number of nitrogens with zero attached hydrogens (tertiary/aromatic N) is 3. The standard InChI is InChI=1S/C13H12N4O/c1-15-9-10-4-2-3-5-12(10)18-13-16-7-6-11(8-14)17-13/h2-7,15H,9H2,1H3. The third-order valence-corrected chi connectivity index (χ3v) is 2.29. The van der Waals surface area contributed by atoms with Crippen molar-refractivity contribution in [2.24, 2.45) is 0 Å². The maximum atomic E-state index is 8.76. The third kappa shape index (κ3) is 2.81. The van der Waals surface area contributed by atoms with Gasteiger partial charge in [-0.1, -0.05) is 18.2 Å². The summed E-state index contributed by atoms with van der Waals surface area (Å²) in [5.74, 6) is 0.682. The molecule has 1 aromatic heterocycles. The molecule has 0 bridgehead atoms. The molecule has 1 N–H and O–H groups in total. The van der Waals surface area contributed by atoms with Gasteiger partial charge in [0.25, 0.3) is 0 Å². The highest BCUT2D eigenvalue weighted by atomic mass is 16.5. The minimum atomic E-state index is 0.178. The molecule has 1 aromatic carbocycles. The van der Waals surface area contributed by atoms with Gasteiger partial charge in [-0.3, -0.25) is 0 Å². The smallest absolute Gasteiger partial charge is 0.323 e. The van der Waals surface area contributed by atoms with Crippen LogP contribution in [0.25, 0.3) is 0 Å². The van der Waals surface area contributed by atoms with Gasteiger partial charge < -0.3 is 10.1 Å². The van der Waals surface area contributed by atoms with Gasteiger partial charge in [-0.15, -0.1) is 0 Å². The second kappa shape index (κ2) is 5.75. The molecule has 18 heavy (non-hydrogen) atoms. The van der Waals surface area contributed by atoms with Crippen molar-refractivity contribution in [2.75, 3.05) is 7.05 Å². The molecular formula is C13H12N4O. The fourth-order valence-corrected chi connectivity index (χ4v) is 1.49. The molecule has 0 aliphatic carbocycles. The van der Waals surface area contributed by atoms with Crippen LogP contribution in [0.2, 0.25) is 0 Å². The zero-order valence-corrected chi connectivity index (χ0v) is 9.92. The lowest BCUT2D eigenvalue weighted by atomic mass is 10.2. The van der Waals surface area contributed by atoms with E-state index in [0.29, 0.717) is 12.3 Å². The highest BCUT2D eigenvalue weighted by Crippen LogP contribution is 2.22. The quantitative estimate of drug-likeness (QED) is 0.883. The Morgan fingerprint density at radius 1 is 1.33 bits per heavy atom. The monoisotopic (exact) mass is 240 g/mol. The Kier molecular flexibility index (Phi) is 3.84. The third-order valence-electron chi connectivity index (χ3n) is 2.29. The molecule has 2 aromatic rings. The summed E-state index contributed by atoms with van der Waals surface area (Å²) in [6.07, 6.45) is 1.50. The topological polar surface area (TPSA) is 70.8 Å². The number of nitrogens with one attached hydrogen (secondary N) is 1. The zero-order valence-electron chi connectivity index (χ0n) is 9.92. The first-order chi connectivity index (χ1) is 8.83. The molecule has 0 saturated heterocycles. The molecule has 0 saturated carbocycles. The normalized spacial score (nSPS) is 9.78. The average Bonchev–Trinajstić information content (AvgIpc) is 2.41. The van der Waals surface area contributed by atoms with Gasteiger partial charge in [0, 0.05) is 18.3 Å². The Morgan fingerprint density at radius 3 is 2.94 bits per heavy atom. The molecular weight excluding hydrogens is 228 g/mol. The van der Waals surface area contributed by atoms with Crippen molar-refractivity contribution >= 4 is 0 Å². The Hall–Kier alpha value is -2.45. The second-order valence-electron chi connectivity index (χ2n) is 3.58. The molecule has 0 aliphatic heterocycles. The molecule has 5 heteroatoms. The van der Waals surface area contributed by atoms with E-state index in [2.05, 4.69) is 15.3 Å². The Bertz CT molecular complexity index is 577. The zero-order chi connectivity index (χ0) is 12.8. The molecule has 0 spiro atoms. The predicted octanol–water partition coefficient (Wildman–Crippen LogP) is 1.86. The van der Waals surface area contributed by atoms with E-state index in [1.807, 2.05) is 37.4 Å². The molecule has 0 fully saturated rings. The van der Waals surface area contributed by atoms with Crippen LogP contribution < -0.4 is 10.1 Å². The highest BCUT2D eigenvalue weighted by Gasteiger charge is 2.06. The van der Waals surface area contributed by atoms with Crippen LogP contribution in [0.5, 0.6) is 11.8 Å². The van der Waals surface area contributed by atoms with Crippen molar-refractivity contribution in [3.63, 3.8) is 0 Å². The second-order valence-corrected chi connectivity index (χ2v) is 3.58. The van der Waals surface area contributed by atoms with Gasteiger partial charge in [0.1, 0.15) is 17.5 Å². The van der Waals surface area contributed by atoms with Gasteiger partial charge in [0.15, 0.2) is 0 Å². The van der Waals surface area contributed by atoms with Crippen molar-refractivity contribution in [2.45, 2.75) is 6.54 Å². The van der Waals surface area contributed by atoms with E-state index in [0.717, 1.165) is 5.56 Å². The van der Waals surface area contributed by atoms with Crippen LogP contribution in [-0.2, 0) is 6.54 Å². The molecule has 0 radical (unpaired) electrons. The van der Waals surface area contributed by atoms with Gasteiger partial charge in [-0.2, -0.15) is 10.2 Å². The van der Waals surface area contributed by atoms with E-state index < -0.39 is 0 Å². The van der Waals surface area contributed by atoms with Gasteiger partial charge in [-0.25, -0.2) is 4.98 Å². The molecule has 90 valence electrons. The van der Waals surface area contributed by atoms with Crippen molar-refractivity contribution in [1.29, 1.82) is 5.26 Å². The molecule has 0 atom stereocenters. The number of benzene rings is 1. The summed E-state index contributed by atoms with van der Waals surface area (Å²) in [5.41, 5.74) is 1.29. The lowest BCUT2D eigenvalue weighted by Gasteiger charge is -2.08. The molecule has 5 nitrogen and oxygen atoms in total. The molecule has 0 unspecified atom stereocenters. The predicted molar refractivity (Wildman–Crippen MR) is 66.0 cm³/mol. The van der Waals surface area contributed by atoms with Gasteiger partial charge in [0.05, 0.1) is 0 Å². The summed E-state index contributed by atoms with van der Waals surface area (Å²) in [5, 5.41) is 11.8. The van der Waals surface area contributed by atoms with Gasteiger partial charge in [-0.05, 0) is 19.2 Å². The minimum absolute atomic E-state index is 0.178. The van der Waals surface area contributed by atoms with E-state index >= 15 is 0 Å². The molecule has 1 heterocycles. The largest absolute Gasteiger partial charge is 0.424 e. The van der Waals surface area contributed by atoms with Gasteiger partial charge in [0.2, 0.25) is 0 Å². The lowest BCUT2D eigenvalue weighted by molar-refractivity contribution is 0.434. The van der Waals surface area contributed by atoms with E-state index in [-0.39, 0.29) is 11.7 Å². The van der Waals surface area contributed by atoms with Crippen LogP contribution >= 0.6 is 0 Å². The number of hydrogen-bond donors (Lipinski definition) is 1. The summed E-state index contributed by atoms with van der Waals surface area (Å²) in [7, 11) is 1.86. The summed E-state index contributed by atoms with van der Waals surface area (Å²) in [6.45, 7) is 0.689. The first kappa shape index (κ1) is 12.0. The van der Waals surface area contributed by atoms with Crippen LogP contribution in [0, 0.1) is 11.3 Å². The van der Waals surface area contributed by atoms with Crippen molar-refractivity contribution in [3.05, 3.63) is 47.8 Å². The first-order valence-corrected chi connectivity index (χ1v) is 5.47. The average molecular weight is 240 g/mol. The number of rotatable bonds is 4. The first-order valence-electron chi connectivity index (χ1n) is 5.47. The van der Waals surface area contributed by atoms with E-state index in [9.17, 15) is 0 Å². The highest BCUT2D eigenvalue weighted by molar-refractivity contribution is 5.35. The van der Waals surface area contributed by atoms with E-state index in [1.54, 1.807) is 0 Å². The number of para-hydroxylation sites is 1. The van der Waals surface area contributed by atoms with Crippen molar-refractivity contribution in [1.82, 2.24) is 15.3 Å². The Labute approximate surface area is 105 Å². The van der Waals surface area contributed by atoms with Gasteiger partial charge >= 0.3 is 6.01 Å². The van der Waals surface area contributed by atoms with Crippen LogP contribution in [0.1, 0.15) is 11.3 Å². The number of aromatic nitrogens is 2. The van der Waals surface area contributed by atoms with Crippen LogP contribution in [0.15, 0.2) is 36.5 Å². The maximum absolute atomic E-state index is 8.76. The fraction of sp³-hybridized carbons (Fsp3) is 0.154. The van der Waals surface area contributed by atoms with Crippen LogP contribution in [0.3, 0.4) is 0 Å². The number of ether oxygens (including phenoxy) is 1. The van der Waals surface area contributed by atoms with Crippen molar-refractivity contribution in [3.8, 4) is 17.8 Å². The number of nitriles is 1. The Balaban J connectivity index is 2.25. The molecule has 0 aliphatic rings. The molecule has 2 rings (SSSR count). The number of hydrogen-bond acceptors (Lipinski definition) is 5. The summed E-state index contributed by atoms with van der Waals surface area (Å²) >= 11 is 0. The lowest BCUT2D eigenvalue weighted by Crippen LogP contribution is -2.06. The minimum Gasteiger partial charge on any atom is -0.424 e. The summed E-state index contributed by atoms with van der Waals surface area (Å²) in [4.78, 5) is 7.95.